The molecule has 0 saturated carbocycles. The van der Waals surface area contributed by atoms with Gasteiger partial charge >= 0.3 is 6.09 Å². The molecule has 1 heterocycles. The van der Waals surface area contributed by atoms with Gasteiger partial charge < -0.3 is 4.74 Å². The fourth-order valence-corrected chi connectivity index (χ4v) is 1.41. The molecule has 2 rings (SSSR count). The molecule has 2 aromatic rings. The van der Waals surface area contributed by atoms with Gasteiger partial charge in [0, 0.05) is 0 Å². The quantitative estimate of drug-likeness (QED) is 0.778. The number of hydrogen-bond acceptors (Lipinski definition) is 3. The Labute approximate surface area is 93.9 Å². The summed E-state index contributed by atoms with van der Waals surface area (Å²) in [6, 6.07) is 7.47. The summed E-state index contributed by atoms with van der Waals surface area (Å²) in [5.74, 6) is 0.332. The van der Waals surface area contributed by atoms with Crippen molar-refractivity contribution in [2.45, 2.75) is 13.8 Å². The van der Waals surface area contributed by atoms with Crippen molar-refractivity contribution in [1.82, 2.24) is 9.55 Å². The lowest BCUT2D eigenvalue weighted by atomic mass is 10.2. The van der Waals surface area contributed by atoms with Crippen LogP contribution in [-0.4, -0.2) is 22.3 Å². The minimum Gasteiger partial charge on any atom is -0.449 e. The van der Waals surface area contributed by atoms with E-state index in [1.807, 2.05) is 38.1 Å². The van der Waals surface area contributed by atoms with Gasteiger partial charge in [0.1, 0.15) is 6.33 Å². The fourth-order valence-electron chi connectivity index (χ4n) is 1.41. The lowest BCUT2D eigenvalue weighted by molar-refractivity contribution is 0.135. The molecule has 0 atom stereocenters. The number of fused-ring (bicyclic) bond motifs is 1. The Bertz CT molecular complexity index is 502. The van der Waals surface area contributed by atoms with E-state index in [-0.39, 0.29) is 6.09 Å². The number of carbonyl (C=O) groups is 1. The molecule has 0 aliphatic heterocycles. The second kappa shape index (κ2) is 4.35. The molecule has 1 aromatic carbocycles. The third-order valence-corrected chi connectivity index (χ3v) is 2.19. The van der Waals surface area contributed by atoms with Crippen molar-refractivity contribution in [1.29, 1.82) is 0 Å². The Kier molecular flexibility index (Phi) is 2.90. The molecule has 0 spiro atoms. The Hall–Kier alpha value is -1.84. The molecule has 0 saturated heterocycles. The molecule has 0 unspecified atom stereocenters. The van der Waals surface area contributed by atoms with Crippen molar-refractivity contribution in [3.05, 3.63) is 30.6 Å². The lowest BCUT2D eigenvalue weighted by Gasteiger charge is -2.07. The summed E-state index contributed by atoms with van der Waals surface area (Å²) >= 11 is 0. The highest BCUT2D eigenvalue weighted by Gasteiger charge is 2.10. The molecule has 0 N–H and O–H groups in total. The van der Waals surface area contributed by atoms with Gasteiger partial charge in [-0.05, 0) is 18.1 Å². The van der Waals surface area contributed by atoms with Gasteiger partial charge in [0.15, 0.2) is 0 Å². The second-order valence-electron chi connectivity index (χ2n) is 4.07. The van der Waals surface area contributed by atoms with Crippen LogP contribution in [0.3, 0.4) is 0 Å². The number of rotatable bonds is 2. The van der Waals surface area contributed by atoms with Crippen LogP contribution in [0.25, 0.3) is 11.0 Å². The molecule has 84 valence electrons. The summed E-state index contributed by atoms with van der Waals surface area (Å²) in [5.41, 5.74) is 1.57. The zero-order chi connectivity index (χ0) is 11.5. The highest BCUT2D eigenvalue weighted by atomic mass is 16.5. The number of para-hydroxylation sites is 2. The van der Waals surface area contributed by atoms with Crippen LogP contribution in [-0.2, 0) is 4.74 Å². The SMILES string of the molecule is CC(C)COC(=O)n1cnc2ccccc21. The summed E-state index contributed by atoms with van der Waals surface area (Å²) in [7, 11) is 0. The number of nitrogens with zero attached hydrogens (tertiary/aromatic N) is 2. The zero-order valence-electron chi connectivity index (χ0n) is 9.38. The van der Waals surface area contributed by atoms with Gasteiger partial charge in [0.25, 0.3) is 0 Å². The van der Waals surface area contributed by atoms with E-state index >= 15 is 0 Å². The van der Waals surface area contributed by atoms with Crippen LogP contribution in [0.15, 0.2) is 30.6 Å². The predicted octanol–water partition coefficient (Wildman–Crippen LogP) is 2.68. The first kappa shape index (κ1) is 10.7. The van der Waals surface area contributed by atoms with Crippen LogP contribution < -0.4 is 0 Å². The maximum atomic E-state index is 11.7. The van der Waals surface area contributed by atoms with Crippen molar-refractivity contribution in [3.63, 3.8) is 0 Å². The summed E-state index contributed by atoms with van der Waals surface area (Å²) in [4.78, 5) is 15.9. The van der Waals surface area contributed by atoms with Crippen LogP contribution in [0.5, 0.6) is 0 Å². The Morgan fingerprint density at radius 3 is 2.94 bits per heavy atom. The number of hydrogen-bond donors (Lipinski definition) is 0. The van der Waals surface area contributed by atoms with Gasteiger partial charge in [-0.25, -0.2) is 14.3 Å². The van der Waals surface area contributed by atoms with Gasteiger partial charge in [-0.15, -0.1) is 0 Å². The normalized spacial score (nSPS) is 10.9. The molecule has 0 amide bonds. The number of benzene rings is 1. The van der Waals surface area contributed by atoms with E-state index in [2.05, 4.69) is 4.98 Å². The highest BCUT2D eigenvalue weighted by molar-refractivity contribution is 5.86. The smallest absolute Gasteiger partial charge is 0.419 e. The maximum Gasteiger partial charge on any atom is 0.419 e. The Balaban J connectivity index is 2.23. The standard InChI is InChI=1S/C12H14N2O2/c1-9(2)7-16-12(15)14-8-13-10-5-3-4-6-11(10)14/h3-6,8-9H,7H2,1-2H3. The van der Waals surface area contributed by atoms with Crippen molar-refractivity contribution in [2.24, 2.45) is 5.92 Å². The minimum atomic E-state index is -0.373. The van der Waals surface area contributed by atoms with E-state index in [4.69, 9.17) is 4.74 Å². The maximum absolute atomic E-state index is 11.7. The number of imidazole rings is 1. The summed E-state index contributed by atoms with van der Waals surface area (Å²) in [6.07, 6.45) is 1.12. The van der Waals surface area contributed by atoms with Crippen LogP contribution >= 0.6 is 0 Å². The van der Waals surface area contributed by atoms with Gasteiger partial charge in [0.2, 0.25) is 0 Å². The van der Waals surface area contributed by atoms with Crippen molar-refractivity contribution in [3.8, 4) is 0 Å². The van der Waals surface area contributed by atoms with E-state index < -0.39 is 0 Å². The van der Waals surface area contributed by atoms with Gasteiger partial charge in [0.05, 0.1) is 17.6 Å². The average Bonchev–Trinajstić information content (AvgIpc) is 2.69. The van der Waals surface area contributed by atoms with Crippen molar-refractivity contribution in [2.75, 3.05) is 6.61 Å². The monoisotopic (exact) mass is 218 g/mol. The van der Waals surface area contributed by atoms with Crippen LogP contribution in [0, 0.1) is 5.92 Å². The van der Waals surface area contributed by atoms with E-state index in [1.54, 1.807) is 0 Å². The first-order chi connectivity index (χ1) is 7.68. The minimum absolute atomic E-state index is 0.332. The molecular weight excluding hydrogens is 204 g/mol. The van der Waals surface area contributed by atoms with E-state index in [9.17, 15) is 4.79 Å². The van der Waals surface area contributed by atoms with Crippen LogP contribution in [0.4, 0.5) is 4.79 Å². The second-order valence-corrected chi connectivity index (χ2v) is 4.07. The van der Waals surface area contributed by atoms with Gasteiger partial charge in [-0.2, -0.15) is 0 Å². The van der Waals surface area contributed by atoms with Crippen LogP contribution in [0.2, 0.25) is 0 Å². The van der Waals surface area contributed by atoms with Gasteiger partial charge in [-0.1, -0.05) is 26.0 Å². The summed E-state index contributed by atoms with van der Waals surface area (Å²) in [6.45, 7) is 4.42. The number of aromatic nitrogens is 2. The third-order valence-electron chi connectivity index (χ3n) is 2.19. The molecule has 4 nitrogen and oxygen atoms in total. The molecule has 16 heavy (non-hydrogen) atoms. The molecule has 1 aromatic heterocycles. The fraction of sp³-hybridized carbons (Fsp3) is 0.333. The first-order valence-electron chi connectivity index (χ1n) is 5.27. The predicted molar refractivity (Wildman–Crippen MR) is 61.3 cm³/mol. The average molecular weight is 218 g/mol. The highest BCUT2D eigenvalue weighted by Crippen LogP contribution is 2.12. The van der Waals surface area contributed by atoms with E-state index in [0.717, 1.165) is 11.0 Å². The third kappa shape index (κ3) is 2.05. The van der Waals surface area contributed by atoms with E-state index in [0.29, 0.717) is 12.5 Å². The lowest BCUT2D eigenvalue weighted by Crippen LogP contribution is -2.15. The van der Waals surface area contributed by atoms with Gasteiger partial charge in [-0.3, -0.25) is 0 Å². The van der Waals surface area contributed by atoms with Crippen LogP contribution in [0.1, 0.15) is 13.8 Å². The Morgan fingerprint density at radius 2 is 2.19 bits per heavy atom. The topological polar surface area (TPSA) is 44.1 Å². The molecule has 0 bridgehead atoms. The largest absolute Gasteiger partial charge is 0.449 e. The Morgan fingerprint density at radius 1 is 1.44 bits per heavy atom. The molecule has 0 aliphatic carbocycles. The van der Waals surface area contributed by atoms with E-state index in [1.165, 1.54) is 10.9 Å². The summed E-state index contributed by atoms with van der Waals surface area (Å²) < 4.78 is 6.57. The van der Waals surface area contributed by atoms with Crippen molar-refractivity contribution >= 4 is 17.1 Å². The molecule has 0 fully saturated rings. The summed E-state index contributed by atoms with van der Waals surface area (Å²) in [5, 5.41) is 0. The molecule has 4 heteroatoms. The zero-order valence-corrected chi connectivity index (χ0v) is 9.38. The number of carbonyl (C=O) groups excluding carboxylic acids is 1. The van der Waals surface area contributed by atoms with Crippen molar-refractivity contribution < 1.29 is 9.53 Å². The molecule has 0 aliphatic rings. The number of ether oxygens (including phenoxy) is 1. The molecule has 0 radical (unpaired) electrons. The first-order valence-corrected chi connectivity index (χ1v) is 5.27. The molecular formula is C12H14N2O2.